The van der Waals surface area contributed by atoms with Crippen LogP contribution < -0.4 is 9.47 Å². The monoisotopic (exact) mass is 518 g/mol. The van der Waals surface area contributed by atoms with Crippen molar-refractivity contribution in [2.24, 2.45) is 0 Å². The average Bonchev–Trinajstić information content (AvgIpc) is 3.20. The van der Waals surface area contributed by atoms with Crippen LogP contribution in [0, 0.1) is 13.8 Å². The third-order valence-electron chi connectivity index (χ3n) is 7.72. The molecule has 1 fully saturated rings. The molecule has 6 nitrogen and oxygen atoms in total. The molecule has 37 heavy (non-hydrogen) atoms. The highest BCUT2D eigenvalue weighted by Crippen LogP contribution is 2.39. The zero-order chi connectivity index (χ0) is 26.2. The van der Waals surface area contributed by atoms with Crippen molar-refractivity contribution in [2.75, 3.05) is 27.3 Å². The zero-order valence-electron chi connectivity index (χ0n) is 21.9. The number of ether oxygens (including phenoxy) is 2. The van der Waals surface area contributed by atoms with Gasteiger partial charge < -0.3 is 14.0 Å². The van der Waals surface area contributed by atoms with Gasteiger partial charge in [0.25, 0.3) is 0 Å². The van der Waals surface area contributed by atoms with E-state index in [9.17, 15) is 8.42 Å². The van der Waals surface area contributed by atoms with Crippen molar-refractivity contribution >= 4 is 20.9 Å². The van der Waals surface area contributed by atoms with Gasteiger partial charge in [0.2, 0.25) is 10.0 Å². The van der Waals surface area contributed by atoms with Gasteiger partial charge in [0.1, 0.15) is 0 Å². The Morgan fingerprint density at radius 3 is 2.24 bits per heavy atom. The number of benzene rings is 3. The highest BCUT2D eigenvalue weighted by atomic mass is 32.2. The van der Waals surface area contributed by atoms with Crippen LogP contribution in [0.25, 0.3) is 10.9 Å². The molecular formula is C30H34N2O4S. The minimum Gasteiger partial charge on any atom is -0.493 e. The van der Waals surface area contributed by atoms with Crippen molar-refractivity contribution in [3.8, 4) is 11.5 Å². The topological polar surface area (TPSA) is 60.8 Å². The minimum atomic E-state index is -3.63. The van der Waals surface area contributed by atoms with Crippen molar-refractivity contribution in [1.82, 2.24) is 8.87 Å². The van der Waals surface area contributed by atoms with Gasteiger partial charge in [-0.05, 0) is 67.5 Å². The molecule has 0 unspecified atom stereocenters. The van der Waals surface area contributed by atoms with Crippen LogP contribution in [-0.4, -0.2) is 44.6 Å². The molecule has 0 spiro atoms. The number of aryl methyl sites for hydroxylation is 1. The van der Waals surface area contributed by atoms with E-state index >= 15 is 0 Å². The number of methoxy groups -OCH3 is 2. The van der Waals surface area contributed by atoms with Crippen LogP contribution in [0.4, 0.5) is 0 Å². The summed E-state index contributed by atoms with van der Waals surface area (Å²) in [6, 6.07) is 21.9. The maximum atomic E-state index is 13.4. The Labute approximate surface area is 219 Å². The summed E-state index contributed by atoms with van der Waals surface area (Å²) in [6.45, 7) is 6.16. The maximum absolute atomic E-state index is 13.4. The predicted octanol–water partition coefficient (Wildman–Crippen LogP) is 5.89. The normalized spacial score (nSPS) is 15.2. The van der Waals surface area contributed by atoms with Crippen LogP contribution in [-0.2, 0) is 16.6 Å². The van der Waals surface area contributed by atoms with E-state index in [1.54, 1.807) is 22.5 Å². The SMILES string of the molecule is COc1ccc(S(=O)(=O)N2CCC(c3c(C)n(Cc4ccccc4C)c4ccccc34)CC2)cc1OC. The largest absolute Gasteiger partial charge is 0.493 e. The molecule has 1 aliphatic heterocycles. The molecule has 0 amide bonds. The smallest absolute Gasteiger partial charge is 0.243 e. The number of rotatable bonds is 7. The third-order valence-corrected chi connectivity index (χ3v) is 9.62. The molecule has 4 aromatic rings. The number of nitrogens with zero attached hydrogens (tertiary/aromatic N) is 2. The summed E-state index contributed by atoms with van der Waals surface area (Å²) in [7, 11) is -0.575. The van der Waals surface area contributed by atoms with Crippen LogP contribution in [0.5, 0.6) is 11.5 Å². The summed E-state index contributed by atoms with van der Waals surface area (Å²) < 4.78 is 41.5. The van der Waals surface area contributed by atoms with Crippen LogP contribution in [0.15, 0.2) is 71.6 Å². The third kappa shape index (κ3) is 4.62. The van der Waals surface area contributed by atoms with Gasteiger partial charge in [0.15, 0.2) is 11.5 Å². The predicted molar refractivity (Wildman–Crippen MR) is 147 cm³/mol. The number of fused-ring (bicyclic) bond motifs is 1. The molecule has 1 saturated heterocycles. The molecule has 0 N–H and O–H groups in total. The lowest BCUT2D eigenvalue weighted by molar-refractivity contribution is 0.319. The highest BCUT2D eigenvalue weighted by molar-refractivity contribution is 7.89. The van der Waals surface area contributed by atoms with Gasteiger partial charge in [0, 0.05) is 42.3 Å². The Kier molecular flexibility index (Phi) is 7.01. The Bertz CT molecular complexity index is 1530. The fourth-order valence-electron chi connectivity index (χ4n) is 5.65. The van der Waals surface area contributed by atoms with Crippen molar-refractivity contribution in [3.05, 3.63) is 89.1 Å². The summed E-state index contributed by atoms with van der Waals surface area (Å²) in [5.41, 5.74) is 6.46. The van der Waals surface area contributed by atoms with Gasteiger partial charge in [-0.25, -0.2) is 8.42 Å². The van der Waals surface area contributed by atoms with Crippen LogP contribution >= 0.6 is 0 Å². The van der Waals surface area contributed by atoms with Crippen molar-refractivity contribution < 1.29 is 17.9 Å². The summed E-state index contributed by atoms with van der Waals surface area (Å²) in [6.07, 6.45) is 1.57. The number of hydrogen-bond acceptors (Lipinski definition) is 4. The van der Waals surface area contributed by atoms with Gasteiger partial charge in [-0.15, -0.1) is 0 Å². The van der Waals surface area contributed by atoms with Crippen LogP contribution in [0.3, 0.4) is 0 Å². The summed E-state index contributed by atoms with van der Waals surface area (Å²) in [5, 5.41) is 1.27. The molecule has 1 aliphatic rings. The van der Waals surface area contributed by atoms with Gasteiger partial charge in [0.05, 0.1) is 19.1 Å². The van der Waals surface area contributed by atoms with Crippen molar-refractivity contribution in [2.45, 2.75) is 44.0 Å². The molecular weight excluding hydrogens is 484 g/mol. The molecule has 7 heteroatoms. The molecule has 0 saturated carbocycles. The number of hydrogen-bond donors (Lipinski definition) is 0. The summed E-state index contributed by atoms with van der Waals surface area (Å²) in [4.78, 5) is 0.231. The van der Waals surface area contributed by atoms with Gasteiger partial charge in [-0.1, -0.05) is 42.5 Å². The minimum absolute atomic E-state index is 0.231. The quantitative estimate of drug-likeness (QED) is 0.306. The molecule has 1 aromatic heterocycles. The van der Waals surface area contributed by atoms with Crippen LogP contribution in [0.1, 0.15) is 41.1 Å². The fraction of sp³-hybridized carbons (Fsp3) is 0.333. The van der Waals surface area contributed by atoms with Gasteiger partial charge in [-0.2, -0.15) is 4.31 Å². The van der Waals surface area contributed by atoms with Crippen molar-refractivity contribution in [3.63, 3.8) is 0 Å². The fourth-order valence-corrected chi connectivity index (χ4v) is 7.13. The van der Waals surface area contributed by atoms with E-state index in [2.05, 4.69) is 66.9 Å². The van der Waals surface area contributed by atoms with Gasteiger partial charge in [-0.3, -0.25) is 0 Å². The standard InChI is InChI=1S/C30H34N2O4S/c1-21-9-5-6-10-24(21)20-32-22(2)30(26-11-7-8-12-27(26)32)23-15-17-31(18-16-23)37(33,34)25-13-14-28(35-3)29(19-25)36-4/h5-14,19,23H,15-18,20H2,1-4H3. The molecule has 0 radical (unpaired) electrons. The summed E-state index contributed by atoms with van der Waals surface area (Å²) in [5.74, 6) is 1.23. The zero-order valence-corrected chi connectivity index (χ0v) is 22.7. The molecule has 2 heterocycles. The van der Waals surface area contributed by atoms with E-state index in [1.165, 1.54) is 47.5 Å². The first-order valence-corrected chi connectivity index (χ1v) is 14.1. The van der Waals surface area contributed by atoms with E-state index in [4.69, 9.17) is 9.47 Å². The van der Waals surface area contributed by atoms with E-state index in [1.807, 2.05) is 0 Å². The summed E-state index contributed by atoms with van der Waals surface area (Å²) >= 11 is 0. The Morgan fingerprint density at radius 1 is 0.865 bits per heavy atom. The van der Waals surface area contributed by atoms with Crippen molar-refractivity contribution in [1.29, 1.82) is 0 Å². The van der Waals surface area contributed by atoms with E-state index < -0.39 is 10.0 Å². The Hall–Kier alpha value is -3.29. The van der Waals surface area contributed by atoms with Crippen LogP contribution in [0.2, 0.25) is 0 Å². The Morgan fingerprint density at radius 2 is 1.54 bits per heavy atom. The van der Waals surface area contributed by atoms with E-state index in [0.29, 0.717) is 30.5 Å². The lowest BCUT2D eigenvalue weighted by Gasteiger charge is -2.32. The highest BCUT2D eigenvalue weighted by Gasteiger charge is 2.32. The first kappa shape index (κ1) is 25.4. The lowest BCUT2D eigenvalue weighted by atomic mass is 9.88. The lowest BCUT2D eigenvalue weighted by Crippen LogP contribution is -2.38. The van der Waals surface area contributed by atoms with E-state index in [-0.39, 0.29) is 4.90 Å². The molecule has 0 atom stereocenters. The number of aromatic nitrogens is 1. The average molecular weight is 519 g/mol. The first-order valence-electron chi connectivity index (χ1n) is 12.7. The second-order valence-corrected chi connectivity index (χ2v) is 11.7. The number of piperidine rings is 1. The second kappa shape index (κ2) is 10.2. The second-order valence-electron chi connectivity index (χ2n) is 9.72. The maximum Gasteiger partial charge on any atom is 0.243 e. The van der Waals surface area contributed by atoms with E-state index in [0.717, 1.165) is 19.4 Å². The molecule has 0 aliphatic carbocycles. The van der Waals surface area contributed by atoms with Gasteiger partial charge >= 0.3 is 0 Å². The number of sulfonamides is 1. The molecule has 3 aromatic carbocycles. The molecule has 194 valence electrons. The molecule has 0 bridgehead atoms. The number of para-hydroxylation sites is 1. The first-order chi connectivity index (χ1) is 17.8. The molecule has 5 rings (SSSR count). The Balaban J connectivity index is 1.41.